The summed E-state index contributed by atoms with van der Waals surface area (Å²) in [5.41, 5.74) is 1.32. The van der Waals surface area contributed by atoms with E-state index in [2.05, 4.69) is 13.2 Å². The summed E-state index contributed by atoms with van der Waals surface area (Å²) in [6.07, 6.45) is 5.61. The Bertz CT molecular complexity index is 1580. The summed E-state index contributed by atoms with van der Waals surface area (Å²) in [6.45, 7) is 12.2. The zero-order valence-electron chi connectivity index (χ0n) is 27.9. The maximum atomic E-state index is 13.1. The van der Waals surface area contributed by atoms with Crippen molar-refractivity contribution < 1.29 is 52.3 Å². The van der Waals surface area contributed by atoms with Gasteiger partial charge in [-0.05, 0) is 99.2 Å². The topological polar surface area (TPSA) is 133 Å². The minimum absolute atomic E-state index is 0.176. The van der Waals surface area contributed by atoms with Crippen molar-refractivity contribution >= 4 is 23.9 Å². The first-order valence-corrected chi connectivity index (χ1v) is 16.0. The van der Waals surface area contributed by atoms with Crippen LogP contribution in [0.25, 0.3) is 0 Å². The second-order valence-electron chi connectivity index (χ2n) is 10.6. The highest BCUT2D eigenvalue weighted by atomic mass is 16.6. The number of unbranched alkanes of at least 4 members (excludes halogenated alkanes) is 2. The summed E-state index contributed by atoms with van der Waals surface area (Å²) in [5.74, 6) is -0.265. The van der Waals surface area contributed by atoms with Crippen molar-refractivity contribution in [3.05, 3.63) is 103 Å². The molecule has 0 bridgehead atoms. The summed E-state index contributed by atoms with van der Waals surface area (Å²) < 4.78 is 38.4. The molecule has 0 aromatic heterocycles. The van der Waals surface area contributed by atoms with E-state index >= 15 is 0 Å². The molecule has 0 heterocycles. The van der Waals surface area contributed by atoms with Crippen molar-refractivity contribution in [2.75, 3.05) is 33.0 Å². The molecule has 0 spiro atoms. The fourth-order valence-electron chi connectivity index (χ4n) is 4.18. The van der Waals surface area contributed by atoms with Gasteiger partial charge in [-0.15, -0.1) is 0 Å². The number of carbonyl (C=O) groups excluding carboxylic acids is 4. The van der Waals surface area contributed by atoms with Crippen LogP contribution in [0.1, 0.15) is 65.3 Å². The Morgan fingerprint density at radius 2 is 1.16 bits per heavy atom. The van der Waals surface area contributed by atoms with Crippen LogP contribution in [-0.4, -0.2) is 56.9 Å². The number of esters is 4. The minimum atomic E-state index is -0.587. The zero-order valence-corrected chi connectivity index (χ0v) is 27.9. The van der Waals surface area contributed by atoms with E-state index in [1.165, 1.54) is 18.2 Å². The first kappa shape index (κ1) is 37.9. The monoisotopic (exact) mass is 674 g/mol. The lowest BCUT2D eigenvalue weighted by Gasteiger charge is -2.14. The van der Waals surface area contributed by atoms with E-state index in [1.807, 2.05) is 6.92 Å². The molecule has 0 aliphatic heterocycles. The average Bonchev–Trinajstić information content (AvgIpc) is 3.11. The molecule has 0 fully saturated rings. The van der Waals surface area contributed by atoms with E-state index in [1.54, 1.807) is 49.4 Å². The van der Waals surface area contributed by atoms with Crippen molar-refractivity contribution in [3.63, 3.8) is 0 Å². The van der Waals surface area contributed by atoms with E-state index in [4.69, 9.17) is 33.2 Å². The SMILES string of the molecule is C=CC(=O)OCCCCOc1ccc(C(=O)Oc2ccc(OC(=O)c3ccc(OCCCCOC(=O)C=C)cc3C)c(OCCC)c2)cc1. The van der Waals surface area contributed by atoms with Gasteiger partial charge in [-0.1, -0.05) is 20.1 Å². The first-order chi connectivity index (χ1) is 23.7. The Morgan fingerprint density at radius 1 is 0.592 bits per heavy atom. The normalized spacial score (nSPS) is 10.3. The Balaban J connectivity index is 1.54. The molecule has 0 aliphatic rings. The maximum Gasteiger partial charge on any atom is 0.343 e. The first-order valence-electron chi connectivity index (χ1n) is 16.0. The Morgan fingerprint density at radius 3 is 1.76 bits per heavy atom. The van der Waals surface area contributed by atoms with Crippen LogP contribution in [-0.2, 0) is 19.1 Å². The molecular weight excluding hydrogens is 632 g/mol. The number of benzene rings is 3. The highest BCUT2D eigenvalue weighted by Crippen LogP contribution is 2.33. The third-order valence-corrected chi connectivity index (χ3v) is 6.73. The van der Waals surface area contributed by atoms with Gasteiger partial charge in [-0.25, -0.2) is 19.2 Å². The molecule has 0 aliphatic carbocycles. The van der Waals surface area contributed by atoms with Gasteiger partial charge in [-0.2, -0.15) is 0 Å². The van der Waals surface area contributed by atoms with Gasteiger partial charge in [0.05, 0.1) is 44.2 Å². The second kappa shape index (κ2) is 20.6. The Labute approximate surface area is 286 Å². The van der Waals surface area contributed by atoms with E-state index in [-0.39, 0.29) is 23.9 Å². The van der Waals surface area contributed by atoms with Crippen LogP contribution in [0.4, 0.5) is 0 Å². The number of hydrogen-bond donors (Lipinski definition) is 0. The van der Waals surface area contributed by atoms with Crippen molar-refractivity contribution in [2.24, 2.45) is 0 Å². The molecule has 0 amide bonds. The lowest BCUT2D eigenvalue weighted by atomic mass is 10.1. The fourth-order valence-corrected chi connectivity index (χ4v) is 4.18. The zero-order chi connectivity index (χ0) is 35.4. The van der Waals surface area contributed by atoms with Gasteiger partial charge in [0.1, 0.15) is 17.2 Å². The van der Waals surface area contributed by atoms with Crippen molar-refractivity contribution in [1.82, 2.24) is 0 Å². The van der Waals surface area contributed by atoms with Gasteiger partial charge in [0, 0.05) is 18.2 Å². The van der Waals surface area contributed by atoms with Crippen LogP contribution in [0.3, 0.4) is 0 Å². The molecule has 0 saturated heterocycles. The van der Waals surface area contributed by atoms with Gasteiger partial charge >= 0.3 is 23.9 Å². The van der Waals surface area contributed by atoms with Crippen LogP contribution in [0, 0.1) is 6.92 Å². The average molecular weight is 675 g/mol. The molecule has 3 aromatic rings. The van der Waals surface area contributed by atoms with E-state index in [0.29, 0.717) is 86.7 Å². The summed E-state index contributed by atoms with van der Waals surface area (Å²) in [5, 5.41) is 0. The molecule has 11 nitrogen and oxygen atoms in total. The number of rotatable bonds is 21. The van der Waals surface area contributed by atoms with E-state index in [9.17, 15) is 19.2 Å². The molecule has 0 radical (unpaired) electrons. The van der Waals surface area contributed by atoms with Crippen molar-refractivity contribution in [3.8, 4) is 28.7 Å². The quantitative estimate of drug-likeness (QED) is 0.0501. The van der Waals surface area contributed by atoms with Gasteiger partial charge in [0.2, 0.25) is 0 Å². The Kier molecular flexibility index (Phi) is 15.9. The summed E-state index contributed by atoms with van der Waals surface area (Å²) in [6, 6.07) is 16.1. The van der Waals surface area contributed by atoms with Gasteiger partial charge < -0.3 is 33.2 Å². The second-order valence-corrected chi connectivity index (χ2v) is 10.6. The van der Waals surface area contributed by atoms with Gasteiger partial charge in [-0.3, -0.25) is 0 Å². The van der Waals surface area contributed by atoms with Crippen LogP contribution < -0.4 is 23.7 Å². The van der Waals surface area contributed by atoms with E-state index in [0.717, 1.165) is 12.2 Å². The summed E-state index contributed by atoms with van der Waals surface area (Å²) in [7, 11) is 0. The van der Waals surface area contributed by atoms with Gasteiger partial charge in [0.25, 0.3) is 0 Å². The predicted molar refractivity (Wildman–Crippen MR) is 182 cm³/mol. The van der Waals surface area contributed by atoms with Crippen LogP contribution in [0.5, 0.6) is 28.7 Å². The lowest BCUT2D eigenvalue weighted by molar-refractivity contribution is -0.138. The largest absolute Gasteiger partial charge is 0.494 e. The van der Waals surface area contributed by atoms with E-state index < -0.39 is 23.9 Å². The smallest absolute Gasteiger partial charge is 0.343 e. The molecule has 0 N–H and O–H groups in total. The molecule has 260 valence electrons. The van der Waals surface area contributed by atoms with Gasteiger partial charge in [0.15, 0.2) is 11.5 Å². The van der Waals surface area contributed by atoms with Crippen molar-refractivity contribution in [1.29, 1.82) is 0 Å². The molecule has 49 heavy (non-hydrogen) atoms. The molecular formula is C38H42O11. The summed E-state index contributed by atoms with van der Waals surface area (Å²) in [4.78, 5) is 48.1. The van der Waals surface area contributed by atoms with Crippen LogP contribution in [0.15, 0.2) is 86.0 Å². The molecule has 3 rings (SSSR count). The predicted octanol–water partition coefficient (Wildman–Crippen LogP) is 7.00. The molecule has 3 aromatic carbocycles. The third-order valence-electron chi connectivity index (χ3n) is 6.73. The summed E-state index contributed by atoms with van der Waals surface area (Å²) >= 11 is 0. The maximum absolute atomic E-state index is 13.1. The molecule has 0 unspecified atom stereocenters. The minimum Gasteiger partial charge on any atom is -0.494 e. The number of carbonyl (C=O) groups is 4. The Hall–Kier alpha value is -5.58. The number of hydrogen-bond acceptors (Lipinski definition) is 11. The number of aryl methyl sites for hydroxylation is 1. The molecule has 11 heteroatoms. The fraction of sp³-hybridized carbons (Fsp3) is 0.316. The lowest BCUT2D eigenvalue weighted by Crippen LogP contribution is -2.12. The number of ether oxygens (including phenoxy) is 7. The standard InChI is InChI=1S/C38H42O11/c1-5-20-45-34-26-31(48-37(41)28-12-14-29(15-13-28)43-21-8-10-23-46-35(39)6-2)17-19-33(34)49-38(42)32-18-16-30(25-27(32)4)44-22-9-11-24-47-36(40)7-3/h6-7,12-19,25-26H,2-3,5,8-11,20-24H2,1,4H3. The highest BCUT2D eigenvalue weighted by Gasteiger charge is 2.18. The molecule has 0 saturated carbocycles. The van der Waals surface area contributed by atoms with Crippen LogP contribution in [0.2, 0.25) is 0 Å². The van der Waals surface area contributed by atoms with Crippen molar-refractivity contribution in [2.45, 2.75) is 46.0 Å². The third kappa shape index (κ3) is 13.2. The molecule has 0 atom stereocenters. The van der Waals surface area contributed by atoms with Crippen LogP contribution >= 0.6 is 0 Å². The highest BCUT2D eigenvalue weighted by molar-refractivity contribution is 5.93.